The van der Waals surface area contributed by atoms with Crippen molar-refractivity contribution in [1.82, 2.24) is 15.2 Å². The molecule has 1 aromatic heterocycles. The highest BCUT2D eigenvalue weighted by molar-refractivity contribution is 5.86. The lowest BCUT2D eigenvalue weighted by Crippen LogP contribution is -2.56. The van der Waals surface area contributed by atoms with Gasteiger partial charge in [0.1, 0.15) is 0 Å². The Hall–Kier alpha value is -2.69. The molecule has 1 saturated carbocycles. The lowest BCUT2D eigenvalue weighted by molar-refractivity contribution is -0.146. The molecule has 1 aliphatic carbocycles. The van der Waals surface area contributed by atoms with Gasteiger partial charge in [-0.1, -0.05) is 36.8 Å². The van der Waals surface area contributed by atoms with Gasteiger partial charge in [-0.15, -0.1) is 0 Å². The number of amides is 2. The van der Waals surface area contributed by atoms with Crippen LogP contribution in [0.1, 0.15) is 51.5 Å². The Labute approximate surface area is 185 Å². The molecular weight excluding hydrogens is 386 g/mol. The van der Waals surface area contributed by atoms with Crippen molar-refractivity contribution in [2.24, 2.45) is 11.3 Å². The topological polar surface area (TPSA) is 62.3 Å². The van der Waals surface area contributed by atoms with E-state index in [0.29, 0.717) is 13.0 Å². The van der Waals surface area contributed by atoms with Gasteiger partial charge in [-0.3, -0.25) is 14.6 Å². The lowest BCUT2D eigenvalue weighted by Gasteiger charge is -2.44. The number of pyridine rings is 1. The summed E-state index contributed by atoms with van der Waals surface area (Å²) in [6, 6.07) is 12.3. The third kappa shape index (κ3) is 4.65. The zero-order chi connectivity index (χ0) is 21.8. The van der Waals surface area contributed by atoms with E-state index in [-0.39, 0.29) is 23.8 Å². The average Bonchev–Trinajstić information content (AvgIpc) is 2.73. The minimum absolute atomic E-state index is 0.0644. The number of nitrogens with zero attached hydrogens (tertiary/aromatic N) is 2. The number of nitrogens with one attached hydrogen (secondary N) is 1. The number of piperidine rings is 1. The number of hydrogen-bond donors (Lipinski definition) is 1. The van der Waals surface area contributed by atoms with Crippen LogP contribution in [0.5, 0.6) is 0 Å². The number of benzene rings is 1. The average molecular weight is 420 g/mol. The molecule has 2 aromatic rings. The molecule has 0 spiro atoms. The smallest absolute Gasteiger partial charge is 0.228 e. The van der Waals surface area contributed by atoms with Gasteiger partial charge in [0, 0.05) is 43.0 Å². The number of carbonyl (C=O) groups is 2. The largest absolute Gasteiger partial charge is 0.353 e. The van der Waals surface area contributed by atoms with E-state index >= 15 is 0 Å². The van der Waals surface area contributed by atoms with Crippen molar-refractivity contribution in [3.63, 3.8) is 0 Å². The molecule has 2 aliphatic rings. The van der Waals surface area contributed by atoms with E-state index in [1.807, 2.05) is 43.1 Å². The summed E-state index contributed by atoms with van der Waals surface area (Å²) in [4.78, 5) is 32.8. The van der Waals surface area contributed by atoms with Crippen molar-refractivity contribution in [3.05, 3.63) is 54.4 Å². The van der Waals surface area contributed by atoms with Gasteiger partial charge in [0.15, 0.2) is 0 Å². The molecule has 1 atom stereocenters. The molecule has 1 unspecified atom stereocenters. The van der Waals surface area contributed by atoms with Crippen molar-refractivity contribution in [1.29, 1.82) is 0 Å². The van der Waals surface area contributed by atoms with Crippen LogP contribution in [0.3, 0.4) is 0 Å². The molecule has 4 rings (SSSR count). The van der Waals surface area contributed by atoms with E-state index in [1.54, 1.807) is 6.20 Å². The number of aromatic nitrogens is 1. The minimum atomic E-state index is -0.611. The van der Waals surface area contributed by atoms with E-state index in [4.69, 9.17) is 0 Å². The summed E-state index contributed by atoms with van der Waals surface area (Å²) in [6.45, 7) is 5.25. The highest BCUT2D eigenvalue weighted by Gasteiger charge is 2.45. The Balaban J connectivity index is 1.66. The third-order valence-corrected chi connectivity index (χ3v) is 6.76. The number of likely N-dealkylation sites (tertiary alicyclic amines) is 1. The minimum Gasteiger partial charge on any atom is -0.353 e. The Kier molecular flexibility index (Phi) is 6.40. The van der Waals surface area contributed by atoms with Crippen LogP contribution in [0.4, 0.5) is 0 Å². The van der Waals surface area contributed by atoms with Crippen LogP contribution < -0.4 is 5.32 Å². The fourth-order valence-electron chi connectivity index (χ4n) is 4.90. The highest BCUT2D eigenvalue weighted by Crippen LogP contribution is 2.39. The molecule has 1 aliphatic heterocycles. The number of rotatable bonds is 6. The summed E-state index contributed by atoms with van der Waals surface area (Å²) >= 11 is 0. The Morgan fingerprint density at radius 2 is 1.97 bits per heavy atom. The zero-order valence-electron chi connectivity index (χ0n) is 18.6. The van der Waals surface area contributed by atoms with E-state index in [2.05, 4.69) is 28.5 Å². The van der Waals surface area contributed by atoms with E-state index in [9.17, 15) is 9.59 Å². The lowest BCUT2D eigenvalue weighted by atomic mass is 9.72. The van der Waals surface area contributed by atoms with Gasteiger partial charge in [0.2, 0.25) is 11.8 Å². The normalized spacial score (nSPS) is 21.6. The molecule has 1 aromatic carbocycles. The summed E-state index contributed by atoms with van der Waals surface area (Å²) in [5, 5.41) is 3.16. The molecule has 1 N–H and O–H groups in total. The summed E-state index contributed by atoms with van der Waals surface area (Å²) < 4.78 is 0. The molecule has 5 nitrogen and oxygen atoms in total. The van der Waals surface area contributed by atoms with Crippen molar-refractivity contribution < 1.29 is 9.59 Å². The van der Waals surface area contributed by atoms with E-state index in [1.165, 1.54) is 0 Å². The fourth-order valence-corrected chi connectivity index (χ4v) is 4.90. The highest BCUT2D eigenvalue weighted by atomic mass is 16.2. The predicted octanol–water partition coefficient (Wildman–Crippen LogP) is 4.22. The Morgan fingerprint density at radius 1 is 1.16 bits per heavy atom. The predicted molar refractivity (Wildman–Crippen MR) is 122 cm³/mol. The van der Waals surface area contributed by atoms with Gasteiger partial charge in [-0.2, -0.15) is 0 Å². The van der Waals surface area contributed by atoms with Crippen molar-refractivity contribution in [2.75, 3.05) is 13.1 Å². The third-order valence-electron chi connectivity index (χ3n) is 6.76. The summed E-state index contributed by atoms with van der Waals surface area (Å²) in [6.07, 6.45) is 9.03. The van der Waals surface area contributed by atoms with E-state index < -0.39 is 5.41 Å². The van der Waals surface area contributed by atoms with E-state index in [0.717, 1.165) is 55.3 Å². The molecular formula is C26H33N3O2. The van der Waals surface area contributed by atoms with Crippen LogP contribution in [-0.4, -0.2) is 40.8 Å². The van der Waals surface area contributed by atoms with Crippen LogP contribution in [0.2, 0.25) is 0 Å². The SMILES string of the molecule is CC(C)NC(=O)C1(Cc2ccccc2-c2cccnc2)CCCN(C(=O)C2CCC2)C1. The number of hydrogen-bond acceptors (Lipinski definition) is 3. The van der Waals surface area contributed by atoms with Crippen LogP contribution in [-0.2, 0) is 16.0 Å². The van der Waals surface area contributed by atoms with Gasteiger partial charge in [-0.05, 0) is 63.1 Å². The standard InChI is InChI=1S/C26H33N3O2/c1-19(2)28-25(31)26(13-7-15-29(18-26)24(30)20-9-5-10-20)16-21-8-3-4-12-23(21)22-11-6-14-27-17-22/h3-4,6,8,11-12,14,17,19-20H,5,7,9-10,13,15-16,18H2,1-2H3,(H,28,31). The van der Waals surface area contributed by atoms with Gasteiger partial charge < -0.3 is 10.2 Å². The molecule has 31 heavy (non-hydrogen) atoms. The quantitative estimate of drug-likeness (QED) is 0.762. The first-order valence-corrected chi connectivity index (χ1v) is 11.6. The molecule has 0 radical (unpaired) electrons. The Morgan fingerprint density at radius 3 is 2.65 bits per heavy atom. The summed E-state index contributed by atoms with van der Waals surface area (Å²) in [5.74, 6) is 0.467. The van der Waals surface area contributed by atoms with Crippen molar-refractivity contribution in [2.45, 2.75) is 58.4 Å². The van der Waals surface area contributed by atoms with Crippen molar-refractivity contribution >= 4 is 11.8 Å². The number of carbonyl (C=O) groups excluding carboxylic acids is 2. The van der Waals surface area contributed by atoms with Crippen LogP contribution in [0.25, 0.3) is 11.1 Å². The molecule has 1 saturated heterocycles. The molecule has 164 valence electrons. The van der Waals surface area contributed by atoms with Gasteiger partial charge in [0.05, 0.1) is 5.41 Å². The molecule has 2 heterocycles. The fraction of sp³-hybridized carbons (Fsp3) is 0.500. The molecule has 5 heteroatoms. The van der Waals surface area contributed by atoms with Crippen LogP contribution >= 0.6 is 0 Å². The Bertz CT molecular complexity index is 923. The van der Waals surface area contributed by atoms with Crippen LogP contribution in [0.15, 0.2) is 48.8 Å². The van der Waals surface area contributed by atoms with Crippen LogP contribution in [0, 0.1) is 11.3 Å². The zero-order valence-corrected chi connectivity index (χ0v) is 18.6. The van der Waals surface area contributed by atoms with Gasteiger partial charge >= 0.3 is 0 Å². The second-order valence-corrected chi connectivity index (χ2v) is 9.48. The summed E-state index contributed by atoms with van der Waals surface area (Å²) in [7, 11) is 0. The van der Waals surface area contributed by atoms with Gasteiger partial charge in [-0.25, -0.2) is 0 Å². The van der Waals surface area contributed by atoms with Crippen molar-refractivity contribution in [3.8, 4) is 11.1 Å². The maximum atomic E-state index is 13.5. The summed E-state index contributed by atoms with van der Waals surface area (Å²) in [5.41, 5.74) is 2.68. The monoisotopic (exact) mass is 419 g/mol. The second-order valence-electron chi connectivity index (χ2n) is 9.48. The molecule has 2 fully saturated rings. The van der Waals surface area contributed by atoms with Gasteiger partial charge in [0.25, 0.3) is 0 Å². The first kappa shape index (κ1) is 21.5. The maximum Gasteiger partial charge on any atom is 0.228 e. The first-order valence-electron chi connectivity index (χ1n) is 11.6. The second kappa shape index (κ2) is 9.21. The molecule has 0 bridgehead atoms. The maximum absolute atomic E-state index is 13.5. The molecule has 2 amide bonds. The first-order chi connectivity index (χ1) is 15.0.